The van der Waals surface area contributed by atoms with Crippen molar-refractivity contribution in [3.63, 3.8) is 0 Å². The van der Waals surface area contributed by atoms with Gasteiger partial charge in [0.05, 0.1) is 12.0 Å². The molecule has 0 aliphatic heterocycles. The van der Waals surface area contributed by atoms with Gasteiger partial charge in [-0.05, 0) is 12.1 Å². The van der Waals surface area contributed by atoms with Gasteiger partial charge in [-0.3, -0.25) is 4.98 Å². The van der Waals surface area contributed by atoms with E-state index < -0.39 is 0 Å². The summed E-state index contributed by atoms with van der Waals surface area (Å²) >= 11 is 1.28. The molecule has 3 aromatic rings. The van der Waals surface area contributed by atoms with E-state index in [-0.39, 0.29) is 5.69 Å². The minimum Gasteiger partial charge on any atom is -0.459 e. The third-order valence-corrected chi connectivity index (χ3v) is 2.87. The molecule has 0 aromatic carbocycles. The lowest BCUT2D eigenvalue weighted by Gasteiger charge is -1.90. The number of aromatic amines is 2. The van der Waals surface area contributed by atoms with E-state index in [0.717, 1.165) is 0 Å². The van der Waals surface area contributed by atoms with Crippen LogP contribution in [0, 0.1) is 0 Å². The Balaban J connectivity index is 1.69. The van der Waals surface area contributed by atoms with Gasteiger partial charge in [0.2, 0.25) is 5.89 Å². The Morgan fingerprint density at radius 3 is 3.06 bits per heavy atom. The zero-order valence-corrected chi connectivity index (χ0v) is 9.73. The Kier molecular flexibility index (Phi) is 2.73. The van der Waals surface area contributed by atoms with Gasteiger partial charge in [0.15, 0.2) is 10.9 Å². The van der Waals surface area contributed by atoms with Gasteiger partial charge in [-0.25, -0.2) is 9.89 Å². The van der Waals surface area contributed by atoms with Crippen molar-refractivity contribution >= 4 is 11.8 Å². The van der Waals surface area contributed by atoms with E-state index in [2.05, 4.69) is 25.4 Å². The maximum absolute atomic E-state index is 10.8. The first-order chi connectivity index (χ1) is 8.81. The van der Waals surface area contributed by atoms with Crippen LogP contribution < -0.4 is 5.69 Å². The first kappa shape index (κ1) is 10.8. The highest BCUT2D eigenvalue weighted by Gasteiger charge is 2.11. The molecule has 0 bridgehead atoms. The first-order valence-corrected chi connectivity index (χ1v) is 5.93. The molecule has 0 aliphatic carbocycles. The Morgan fingerprint density at radius 1 is 1.39 bits per heavy atom. The number of hydrogen-bond donors (Lipinski definition) is 2. The molecule has 92 valence electrons. The second-order valence-electron chi connectivity index (χ2n) is 3.25. The minimum absolute atomic E-state index is 0.325. The molecular formula is C9H7N5O3S. The van der Waals surface area contributed by atoms with Gasteiger partial charge >= 0.3 is 5.69 Å². The standard InChI is InChI=1S/C9H7N5O3S/c15-8-10-9(14-13-8)18-4-6-11-12-7(17-6)5-2-1-3-16-5/h1-3H,4H2,(H2,10,13,14,15). The van der Waals surface area contributed by atoms with E-state index in [1.165, 1.54) is 18.0 Å². The van der Waals surface area contributed by atoms with Gasteiger partial charge in [0.1, 0.15) is 0 Å². The van der Waals surface area contributed by atoms with Gasteiger partial charge < -0.3 is 8.83 Å². The SMILES string of the molecule is O=c1[nH]nc(SCc2nnc(-c3ccco3)o2)[nH]1. The topological polar surface area (TPSA) is 114 Å². The van der Waals surface area contributed by atoms with Crippen molar-refractivity contribution in [2.45, 2.75) is 10.9 Å². The molecule has 0 amide bonds. The van der Waals surface area contributed by atoms with Crippen molar-refractivity contribution in [1.29, 1.82) is 0 Å². The smallest absolute Gasteiger partial charge is 0.341 e. The molecular weight excluding hydrogens is 258 g/mol. The van der Waals surface area contributed by atoms with Crippen LogP contribution in [0.25, 0.3) is 11.7 Å². The minimum atomic E-state index is -0.348. The summed E-state index contributed by atoms with van der Waals surface area (Å²) in [5.41, 5.74) is -0.348. The summed E-state index contributed by atoms with van der Waals surface area (Å²) in [4.78, 5) is 13.3. The molecule has 0 atom stereocenters. The molecule has 9 heteroatoms. The summed E-state index contributed by atoms with van der Waals surface area (Å²) < 4.78 is 10.5. The van der Waals surface area contributed by atoms with Crippen LogP contribution in [0.15, 0.2) is 37.2 Å². The number of furan rings is 1. The summed E-state index contributed by atoms with van der Waals surface area (Å²) in [6.45, 7) is 0. The highest BCUT2D eigenvalue weighted by molar-refractivity contribution is 7.98. The number of nitrogens with zero attached hydrogens (tertiary/aromatic N) is 3. The number of aromatic nitrogens is 5. The summed E-state index contributed by atoms with van der Waals surface area (Å²) in [7, 11) is 0. The lowest BCUT2D eigenvalue weighted by Crippen LogP contribution is -2.00. The molecule has 0 saturated heterocycles. The Morgan fingerprint density at radius 2 is 2.33 bits per heavy atom. The first-order valence-electron chi connectivity index (χ1n) is 4.95. The summed E-state index contributed by atoms with van der Waals surface area (Å²) in [6, 6.07) is 3.47. The van der Waals surface area contributed by atoms with Crippen molar-refractivity contribution in [3.8, 4) is 11.7 Å². The van der Waals surface area contributed by atoms with Crippen LogP contribution in [-0.2, 0) is 5.75 Å². The maximum Gasteiger partial charge on any atom is 0.341 e. The highest BCUT2D eigenvalue weighted by Crippen LogP contribution is 2.21. The van der Waals surface area contributed by atoms with Gasteiger partial charge in [-0.2, -0.15) is 0 Å². The van der Waals surface area contributed by atoms with Crippen molar-refractivity contribution < 1.29 is 8.83 Å². The molecule has 0 fully saturated rings. The van der Waals surface area contributed by atoms with Crippen LogP contribution in [0.5, 0.6) is 0 Å². The predicted molar refractivity (Wildman–Crippen MR) is 60.8 cm³/mol. The quantitative estimate of drug-likeness (QED) is 0.677. The van der Waals surface area contributed by atoms with E-state index in [1.54, 1.807) is 12.1 Å². The molecule has 3 heterocycles. The lowest BCUT2D eigenvalue weighted by molar-refractivity contribution is 0.494. The van der Waals surface area contributed by atoms with Gasteiger partial charge in [0.25, 0.3) is 5.89 Å². The molecule has 0 unspecified atom stereocenters. The molecule has 0 aliphatic rings. The van der Waals surface area contributed by atoms with Gasteiger partial charge in [0, 0.05) is 0 Å². The molecule has 8 nitrogen and oxygen atoms in total. The average Bonchev–Trinajstić information content (AvgIpc) is 3.07. The Labute approximate surface area is 104 Å². The second-order valence-corrected chi connectivity index (χ2v) is 4.21. The zero-order valence-electron chi connectivity index (χ0n) is 8.91. The number of hydrogen-bond acceptors (Lipinski definition) is 7. The largest absolute Gasteiger partial charge is 0.459 e. The summed E-state index contributed by atoms with van der Waals surface area (Å²) in [6.07, 6.45) is 1.53. The summed E-state index contributed by atoms with van der Waals surface area (Å²) in [5, 5.41) is 14.2. The van der Waals surface area contributed by atoms with Crippen LogP contribution in [-0.4, -0.2) is 25.4 Å². The van der Waals surface area contributed by atoms with Crippen molar-refractivity contribution in [3.05, 3.63) is 34.8 Å². The third-order valence-electron chi connectivity index (χ3n) is 2.01. The zero-order chi connectivity index (χ0) is 12.4. The lowest BCUT2D eigenvalue weighted by atomic mass is 10.5. The molecule has 3 aromatic heterocycles. The van der Waals surface area contributed by atoms with Crippen LogP contribution in [0.3, 0.4) is 0 Å². The van der Waals surface area contributed by atoms with Gasteiger partial charge in [-0.15, -0.1) is 15.3 Å². The molecule has 18 heavy (non-hydrogen) atoms. The maximum atomic E-state index is 10.8. The molecule has 0 radical (unpaired) electrons. The fourth-order valence-electron chi connectivity index (χ4n) is 1.26. The van der Waals surface area contributed by atoms with E-state index >= 15 is 0 Å². The number of H-pyrrole nitrogens is 2. The highest BCUT2D eigenvalue weighted by atomic mass is 32.2. The molecule has 2 N–H and O–H groups in total. The number of rotatable bonds is 4. The normalized spacial score (nSPS) is 10.9. The Bertz CT molecular complexity index is 683. The summed E-state index contributed by atoms with van der Waals surface area (Å²) in [5.74, 6) is 1.68. The number of thioether (sulfide) groups is 1. The van der Waals surface area contributed by atoms with E-state index in [1.807, 2.05) is 0 Å². The average molecular weight is 265 g/mol. The predicted octanol–water partition coefficient (Wildman–Crippen LogP) is 1.03. The molecule has 0 saturated carbocycles. The van der Waals surface area contributed by atoms with Crippen molar-refractivity contribution in [2.75, 3.05) is 0 Å². The van der Waals surface area contributed by atoms with E-state index in [4.69, 9.17) is 8.83 Å². The second kappa shape index (κ2) is 4.53. The Hall–Kier alpha value is -2.29. The molecule has 0 spiro atoms. The van der Waals surface area contributed by atoms with Crippen molar-refractivity contribution in [1.82, 2.24) is 25.4 Å². The van der Waals surface area contributed by atoms with Crippen LogP contribution in [0.1, 0.15) is 5.89 Å². The van der Waals surface area contributed by atoms with Crippen molar-refractivity contribution in [2.24, 2.45) is 0 Å². The van der Waals surface area contributed by atoms with Crippen LogP contribution in [0.2, 0.25) is 0 Å². The monoisotopic (exact) mass is 265 g/mol. The molecule has 3 rings (SSSR count). The van der Waals surface area contributed by atoms with E-state index in [9.17, 15) is 4.79 Å². The van der Waals surface area contributed by atoms with Crippen LogP contribution in [0.4, 0.5) is 0 Å². The fraction of sp³-hybridized carbons (Fsp3) is 0.111. The number of nitrogens with one attached hydrogen (secondary N) is 2. The fourth-order valence-corrected chi connectivity index (χ4v) is 1.92. The van der Waals surface area contributed by atoms with Gasteiger partial charge in [-0.1, -0.05) is 11.8 Å². The third kappa shape index (κ3) is 2.20. The van der Waals surface area contributed by atoms with Crippen LogP contribution >= 0.6 is 11.8 Å². The van der Waals surface area contributed by atoms with E-state index in [0.29, 0.717) is 28.5 Å².